The van der Waals surface area contributed by atoms with Gasteiger partial charge in [-0.05, 0) is 42.9 Å². The number of hydrogen-bond acceptors (Lipinski definition) is 1. The Morgan fingerprint density at radius 3 is 2.53 bits per heavy atom. The van der Waals surface area contributed by atoms with Crippen molar-refractivity contribution < 1.29 is 4.74 Å². The van der Waals surface area contributed by atoms with Crippen molar-refractivity contribution in [2.75, 3.05) is 12.5 Å². The van der Waals surface area contributed by atoms with Gasteiger partial charge < -0.3 is 4.74 Å². The predicted molar refractivity (Wildman–Crippen MR) is 78.0 cm³/mol. The highest BCUT2D eigenvalue weighted by Crippen LogP contribution is 2.32. The molecule has 0 radical (unpaired) electrons. The summed E-state index contributed by atoms with van der Waals surface area (Å²) < 4.78 is 6.81. The van der Waals surface area contributed by atoms with Crippen LogP contribution >= 0.6 is 27.5 Å². The lowest BCUT2D eigenvalue weighted by Crippen LogP contribution is -2.23. The smallest absolute Gasteiger partial charge is 0.120 e. The van der Waals surface area contributed by atoms with Gasteiger partial charge in [-0.25, -0.2) is 0 Å². The second kappa shape index (κ2) is 7.27. The maximum absolute atomic E-state index is 6.07. The van der Waals surface area contributed by atoms with Gasteiger partial charge >= 0.3 is 0 Å². The molecule has 1 aromatic rings. The zero-order valence-corrected chi connectivity index (χ0v) is 12.9. The molecule has 0 aromatic heterocycles. The lowest BCUT2D eigenvalue weighted by molar-refractivity contribution is 0.202. The van der Waals surface area contributed by atoms with Crippen LogP contribution in [0.1, 0.15) is 33.1 Å². The zero-order chi connectivity index (χ0) is 12.7. The fourth-order valence-corrected chi connectivity index (χ4v) is 2.69. The van der Waals surface area contributed by atoms with Crippen molar-refractivity contribution in [3.63, 3.8) is 0 Å². The van der Waals surface area contributed by atoms with Gasteiger partial charge in [-0.15, -0.1) is 11.6 Å². The second-order valence-corrected chi connectivity index (χ2v) is 5.58. The van der Waals surface area contributed by atoms with E-state index in [0.717, 1.165) is 36.1 Å². The summed E-state index contributed by atoms with van der Waals surface area (Å²) in [5.74, 6) is 1.62. The van der Waals surface area contributed by atoms with Gasteiger partial charge in [0.25, 0.3) is 0 Å². The van der Waals surface area contributed by atoms with E-state index in [4.69, 9.17) is 16.3 Å². The molecule has 96 valence electrons. The monoisotopic (exact) mass is 318 g/mol. The largest absolute Gasteiger partial charge is 0.494 e. The van der Waals surface area contributed by atoms with Crippen LogP contribution in [0.4, 0.5) is 0 Å². The standard InChI is InChI=1S/C14H20BrClO/c1-3-14(4-2,11-16)8-9-17-13-7-5-6-12(15)10-13/h5-7,10H,3-4,8-9,11H2,1-2H3. The van der Waals surface area contributed by atoms with E-state index >= 15 is 0 Å². The molecule has 0 N–H and O–H groups in total. The first-order chi connectivity index (χ1) is 8.15. The molecule has 1 nitrogen and oxygen atoms in total. The maximum Gasteiger partial charge on any atom is 0.120 e. The first-order valence-electron chi connectivity index (χ1n) is 6.10. The summed E-state index contributed by atoms with van der Waals surface area (Å²) >= 11 is 9.50. The van der Waals surface area contributed by atoms with Crippen LogP contribution in [0.3, 0.4) is 0 Å². The van der Waals surface area contributed by atoms with Crippen LogP contribution in [0.15, 0.2) is 28.7 Å². The van der Waals surface area contributed by atoms with Gasteiger partial charge in [-0.1, -0.05) is 35.8 Å². The first-order valence-corrected chi connectivity index (χ1v) is 7.43. The molecule has 0 aliphatic rings. The van der Waals surface area contributed by atoms with E-state index < -0.39 is 0 Å². The molecule has 0 heterocycles. The Kier molecular flexibility index (Phi) is 6.35. The zero-order valence-electron chi connectivity index (χ0n) is 10.5. The van der Waals surface area contributed by atoms with Crippen LogP contribution in [-0.4, -0.2) is 12.5 Å². The summed E-state index contributed by atoms with van der Waals surface area (Å²) in [6, 6.07) is 7.94. The van der Waals surface area contributed by atoms with Crippen LogP contribution in [0, 0.1) is 5.41 Å². The van der Waals surface area contributed by atoms with Crippen molar-refractivity contribution >= 4 is 27.5 Å². The molecular formula is C14H20BrClO. The summed E-state index contributed by atoms with van der Waals surface area (Å²) in [6.45, 7) is 5.13. The number of ether oxygens (including phenoxy) is 1. The minimum absolute atomic E-state index is 0.230. The molecule has 0 aliphatic heterocycles. The Hall–Kier alpha value is -0.210. The maximum atomic E-state index is 6.07. The molecule has 0 saturated carbocycles. The Morgan fingerprint density at radius 1 is 1.29 bits per heavy atom. The molecule has 0 unspecified atom stereocenters. The molecule has 1 aromatic carbocycles. The van der Waals surface area contributed by atoms with Crippen molar-refractivity contribution in [3.05, 3.63) is 28.7 Å². The second-order valence-electron chi connectivity index (χ2n) is 4.40. The van der Waals surface area contributed by atoms with Gasteiger partial charge in [0.1, 0.15) is 5.75 Å². The number of halogens is 2. The van der Waals surface area contributed by atoms with E-state index in [1.54, 1.807) is 0 Å². The lowest BCUT2D eigenvalue weighted by Gasteiger charge is -2.29. The van der Waals surface area contributed by atoms with Crippen molar-refractivity contribution in [1.29, 1.82) is 0 Å². The van der Waals surface area contributed by atoms with Crippen molar-refractivity contribution in [3.8, 4) is 5.75 Å². The molecule has 0 aliphatic carbocycles. The highest BCUT2D eigenvalue weighted by Gasteiger charge is 2.24. The summed E-state index contributed by atoms with van der Waals surface area (Å²) in [6.07, 6.45) is 3.22. The van der Waals surface area contributed by atoms with E-state index in [9.17, 15) is 0 Å². The van der Waals surface area contributed by atoms with E-state index in [1.165, 1.54) is 0 Å². The van der Waals surface area contributed by atoms with E-state index in [2.05, 4.69) is 29.8 Å². The molecule has 3 heteroatoms. The third-order valence-corrected chi connectivity index (χ3v) is 4.54. The van der Waals surface area contributed by atoms with E-state index in [1.807, 2.05) is 24.3 Å². The molecule has 1 rings (SSSR count). The molecule has 0 bridgehead atoms. The number of hydrogen-bond donors (Lipinski definition) is 0. The molecule has 0 amide bonds. The quantitative estimate of drug-likeness (QED) is 0.623. The molecule has 17 heavy (non-hydrogen) atoms. The fourth-order valence-electron chi connectivity index (χ4n) is 1.80. The normalized spacial score (nSPS) is 11.5. The van der Waals surface area contributed by atoms with Crippen LogP contribution in [0.25, 0.3) is 0 Å². The van der Waals surface area contributed by atoms with Crippen LogP contribution in [0.5, 0.6) is 5.75 Å². The van der Waals surface area contributed by atoms with Gasteiger partial charge in [-0.3, -0.25) is 0 Å². The minimum atomic E-state index is 0.230. The molecule has 0 spiro atoms. The summed E-state index contributed by atoms with van der Waals surface area (Å²) in [4.78, 5) is 0. The average molecular weight is 320 g/mol. The average Bonchev–Trinajstić information content (AvgIpc) is 2.35. The van der Waals surface area contributed by atoms with Crippen LogP contribution in [-0.2, 0) is 0 Å². The van der Waals surface area contributed by atoms with Crippen LogP contribution < -0.4 is 4.74 Å². The van der Waals surface area contributed by atoms with E-state index in [-0.39, 0.29) is 5.41 Å². The van der Waals surface area contributed by atoms with Crippen molar-refractivity contribution in [1.82, 2.24) is 0 Å². The fraction of sp³-hybridized carbons (Fsp3) is 0.571. The minimum Gasteiger partial charge on any atom is -0.494 e. The van der Waals surface area contributed by atoms with Gasteiger partial charge in [0.05, 0.1) is 6.61 Å². The van der Waals surface area contributed by atoms with Gasteiger partial charge in [0, 0.05) is 10.4 Å². The summed E-state index contributed by atoms with van der Waals surface area (Å²) in [5, 5.41) is 0. The van der Waals surface area contributed by atoms with Crippen molar-refractivity contribution in [2.45, 2.75) is 33.1 Å². The molecule has 0 fully saturated rings. The van der Waals surface area contributed by atoms with Crippen LogP contribution in [0.2, 0.25) is 0 Å². The van der Waals surface area contributed by atoms with Gasteiger partial charge in [-0.2, -0.15) is 0 Å². The number of benzene rings is 1. The highest BCUT2D eigenvalue weighted by molar-refractivity contribution is 9.10. The predicted octanol–water partition coefficient (Wildman–Crippen LogP) is 5.26. The topological polar surface area (TPSA) is 9.23 Å². The van der Waals surface area contributed by atoms with Gasteiger partial charge in [0.2, 0.25) is 0 Å². The summed E-state index contributed by atoms with van der Waals surface area (Å²) in [5.41, 5.74) is 0.230. The number of rotatable bonds is 7. The molecule has 0 saturated heterocycles. The van der Waals surface area contributed by atoms with E-state index in [0.29, 0.717) is 5.88 Å². The summed E-state index contributed by atoms with van der Waals surface area (Å²) in [7, 11) is 0. The SMILES string of the molecule is CCC(CC)(CCl)CCOc1cccc(Br)c1. The Balaban J connectivity index is 2.46. The number of alkyl halides is 1. The van der Waals surface area contributed by atoms with Crippen molar-refractivity contribution in [2.24, 2.45) is 5.41 Å². The lowest BCUT2D eigenvalue weighted by atomic mass is 9.81. The Morgan fingerprint density at radius 2 is 2.00 bits per heavy atom. The Bertz CT molecular complexity index is 328. The third-order valence-electron chi connectivity index (χ3n) is 3.48. The third kappa shape index (κ3) is 4.51. The molecule has 0 atom stereocenters. The first kappa shape index (κ1) is 14.8. The Labute approximate surface area is 118 Å². The molecular weight excluding hydrogens is 300 g/mol. The highest BCUT2D eigenvalue weighted by atomic mass is 79.9. The van der Waals surface area contributed by atoms with Gasteiger partial charge in [0.15, 0.2) is 0 Å².